The van der Waals surface area contributed by atoms with Gasteiger partial charge in [0, 0.05) is 0 Å². The van der Waals surface area contributed by atoms with Gasteiger partial charge in [-0.25, -0.2) is 5.41 Å². The molecule has 0 aromatic carbocycles. The van der Waals surface area contributed by atoms with Gasteiger partial charge in [-0.3, -0.25) is 10.1 Å². The summed E-state index contributed by atoms with van der Waals surface area (Å²) >= 11 is 4.53. The molecule has 0 fully saturated rings. The molecule has 0 aliphatic heterocycles. The van der Waals surface area contributed by atoms with Gasteiger partial charge in [0.25, 0.3) is 0 Å². The summed E-state index contributed by atoms with van der Waals surface area (Å²) in [5.74, 6) is -0.202. The second-order valence-corrected chi connectivity index (χ2v) is 1.61. The van der Waals surface area contributed by atoms with E-state index in [2.05, 4.69) is 16.9 Å². The van der Waals surface area contributed by atoms with Gasteiger partial charge >= 0.3 is 0 Å². The fourth-order valence-electron chi connectivity index (χ4n) is 0.0778. The normalized spacial score (nSPS) is 5.50. The van der Waals surface area contributed by atoms with Crippen molar-refractivity contribution in [1.82, 2.24) is 4.72 Å². The number of isothiocyanates is 1. The zero-order chi connectivity index (χ0) is 8.41. The van der Waals surface area contributed by atoms with E-state index in [9.17, 15) is 0 Å². The topological polar surface area (TPSA) is 110 Å². The quantitative estimate of drug-likeness (QED) is 0.150. The number of nitrogens with zero attached hydrogens (tertiary/aromatic N) is 1. The van der Waals surface area contributed by atoms with Crippen molar-refractivity contribution >= 4 is 35.3 Å². The molecule has 0 bridgehead atoms. The first-order valence-electron chi connectivity index (χ1n) is 1.87. The molecule has 0 rings (SSSR count). The van der Waals surface area contributed by atoms with Crippen molar-refractivity contribution in [2.24, 2.45) is 5.73 Å². The minimum Gasteiger partial charge on any atom is -0.369 e. The van der Waals surface area contributed by atoms with Crippen LogP contribution in [0.2, 0.25) is 0 Å². The number of nitrogens with one attached hydrogen (secondary N) is 3. The van der Waals surface area contributed by atoms with Gasteiger partial charge < -0.3 is 5.73 Å². The number of nitrogens with two attached hydrogens (primary N) is 1. The molecule has 0 spiro atoms. The Bertz CT molecular complexity index is 164. The number of nitriles is 1. The molecule has 0 aliphatic carbocycles. The monoisotopic (exact) mass is 175 g/mol. The first-order valence-corrected chi connectivity index (χ1v) is 3.10. The molecule has 54 valence electrons. The molecule has 0 radical (unpaired) electrons. The van der Waals surface area contributed by atoms with E-state index in [-0.39, 0.29) is 5.96 Å². The number of rotatable bonds is 1. The number of hydrogen-bond acceptors (Lipinski definition) is 5. The predicted molar refractivity (Wildman–Crippen MR) is 43.6 cm³/mol. The molecule has 0 aliphatic rings. The fraction of sp³-hybridized carbons (Fsp3) is 0. The highest BCUT2D eigenvalue weighted by molar-refractivity contribution is 8.02. The lowest BCUT2D eigenvalue weighted by atomic mass is 11.1. The Labute approximate surface area is 67.7 Å². The summed E-state index contributed by atoms with van der Waals surface area (Å²) in [5, 5.41) is 23.3. The van der Waals surface area contributed by atoms with Gasteiger partial charge in [-0.2, -0.15) is 5.26 Å². The fourth-order valence-corrected chi connectivity index (χ4v) is 0.233. The van der Waals surface area contributed by atoms with Gasteiger partial charge in [-0.05, 0) is 12.2 Å². The van der Waals surface area contributed by atoms with Crippen LogP contribution >= 0.6 is 24.2 Å². The van der Waals surface area contributed by atoms with E-state index in [1.165, 1.54) is 0 Å². The zero-order valence-corrected chi connectivity index (χ0v) is 6.47. The number of hydrogen-bond donors (Lipinski definition) is 4. The standard InChI is InChI=1S/C2H4N4S.CHNS/c3-1-7-6-2(4)5;2-1-3/h(H4,4,5,6);2H. The Kier molecular flexibility index (Phi) is 12.6. The Hall–Kier alpha value is -1.09. The molecule has 0 aromatic heterocycles. The Morgan fingerprint density at radius 3 is 2.30 bits per heavy atom. The van der Waals surface area contributed by atoms with Crippen molar-refractivity contribution in [2.75, 3.05) is 0 Å². The highest BCUT2D eigenvalue weighted by Crippen LogP contribution is 1.81. The molecular formula is C3H5N5S2. The van der Waals surface area contributed by atoms with Crippen LogP contribution in [0.25, 0.3) is 0 Å². The molecule has 0 saturated heterocycles. The molecule has 0 heterocycles. The van der Waals surface area contributed by atoms with Crippen LogP contribution in [0.5, 0.6) is 0 Å². The van der Waals surface area contributed by atoms with E-state index in [1.54, 1.807) is 10.6 Å². The van der Waals surface area contributed by atoms with Crippen LogP contribution in [0, 0.1) is 21.5 Å². The third-order valence-electron chi connectivity index (χ3n) is 0.207. The summed E-state index contributed by atoms with van der Waals surface area (Å²) in [6, 6.07) is 0. The largest absolute Gasteiger partial charge is 0.369 e. The lowest BCUT2D eigenvalue weighted by Crippen LogP contribution is -2.23. The molecule has 0 saturated carbocycles. The number of guanidine groups is 1. The van der Waals surface area contributed by atoms with Crippen molar-refractivity contribution in [1.29, 1.82) is 16.1 Å². The lowest BCUT2D eigenvalue weighted by molar-refractivity contribution is 1.32. The summed E-state index contributed by atoms with van der Waals surface area (Å²) in [4.78, 5) is 0. The molecule has 0 atom stereocenters. The van der Waals surface area contributed by atoms with Crippen LogP contribution in [-0.4, -0.2) is 11.1 Å². The van der Waals surface area contributed by atoms with Crippen LogP contribution in [-0.2, 0) is 0 Å². The minimum absolute atomic E-state index is 0.202. The van der Waals surface area contributed by atoms with E-state index in [4.69, 9.17) is 21.8 Å². The average Bonchev–Trinajstić information content (AvgIpc) is 1.85. The molecule has 0 aromatic rings. The van der Waals surface area contributed by atoms with E-state index >= 15 is 0 Å². The summed E-state index contributed by atoms with van der Waals surface area (Å²) in [5.41, 5.74) is 4.78. The maximum absolute atomic E-state index is 7.81. The third kappa shape index (κ3) is 28.5. The second-order valence-electron chi connectivity index (χ2n) is 0.811. The first-order chi connectivity index (χ1) is 4.68. The predicted octanol–water partition coefficient (Wildman–Crippen LogP) is 0.267. The lowest BCUT2D eigenvalue weighted by Gasteiger charge is -1.89. The minimum atomic E-state index is -0.202. The van der Waals surface area contributed by atoms with Crippen molar-refractivity contribution in [2.45, 2.75) is 0 Å². The van der Waals surface area contributed by atoms with Gasteiger partial charge in [-0.15, -0.1) is 0 Å². The molecule has 0 amide bonds. The molecule has 10 heavy (non-hydrogen) atoms. The molecule has 0 unspecified atom stereocenters. The summed E-state index contributed by atoms with van der Waals surface area (Å²) in [6.45, 7) is 0. The van der Waals surface area contributed by atoms with Crippen molar-refractivity contribution in [3.05, 3.63) is 0 Å². The van der Waals surface area contributed by atoms with Crippen molar-refractivity contribution in [3.63, 3.8) is 0 Å². The van der Waals surface area contributed by atoms with Gasteiger partial charge in [-0.1, -0.05) is 0 Å². The van der Waals surface area contributed by atoms with E-state index < -0.39 is 0 Å². The van der Waals surface area contributed by atoms with Crippen LogP contribution in [0.3, 0.4) is 0 Å². The molecule has 5 nitrogen and oxygen atoms in total. The van der Waals surface area contributed by atoms with E-state index in [0.717, 1.165) is 11.9 Å². The maximum Gasteiger partial charge on any atom is 0.196 e. The Morgan fingerprint density at radius 1 is 1.80 bits per heavy atom. The Balaban J connectivity index is 0. The van der Waals surface area contributed by atoms with E-state index in [1.807, 2.05) is 0 Å². The average molecular weight is 175 g/mol. The molecule has 7 heteroatoms. The molecular weight excluding hydrogens is 170 g/mol. The third-order valence-corrected chi connectivity index (χ3v) is 0.620. The first kappa shape index (κ1) is 11.7. The van der Waals surface area contributed by atoms with Crippen molar-refractivity contribution in [3.8, 4) is 5.40 Å². The summed E-state index contributed by atoms with van der Waals surface area (Å²) in [7, 11) is 0. The zero-order valence-electron chi connectivity index (χ0n) is 4.84. The van der Waals surface area contributed by atoms with Crippen LogP contribution in [0.4, 0.5) is 0 Å². The Morgan fingerprint density at radius 2 is 2.20 bits per heavy atom. The molecule has 5 N–H and O–H groups in total. The SMILES string of the molecule is N#CSNC(=N)N.N=C=S. The van der Waals surface area contributed by atoms with Gasteiger partial charge in [0.2, 0.25) is 0 Å². The second kappa shape index (κ2) is 10.8. The van der Waals surface area contributed by atoms with Gasteiger partial charge in [0.1, 0.15) is 0 Å². The number of thiocarbonyl (C=S) groups is 1. The highest BCUT2D eigenvalue weighted by Gasteiger charge is 1.80. The highest BCUT2D eigenvalue weighted by atomic mass is 32.2. The van der Waals surface area contributed by atoms with Gasteiger partial charge in [0.15, 0.2) is 11.4 Å². The van der Waals surface area contributed by atoms with Gasteiger partial charge in [0.05, 0.1) is 17.1 Å². The van der Waals surface area contributed by atoms with Crippen LogP contribution < -0.4 is 10.5 Å². The van der Waals surface area contributed by atoms with Crippen LogP contribution in [0.1, 0.15) is 0 Å². The summed E-state index contributed by atoms with van der Waals surface area (Å²) in [6.07, 6.45) is 0. The van der Waals surface area contributed by atoms with Crippen LogP contribution in [0.15, 0.2) is 0 Å². The maximum atomic E-state index is 7.81. The smallest absolute Gasteiger partial charge is 0.196 e. The number of thiocyanates is 1. The van der Waals surface area contributed by atoms with Crippen molar-refractivity contribution < 1.29 is 0 Å². The van der Waals surface area contributed by atoms with E-state index in [0.29, 0.717) is 0 Å². The summed E-state index contributed by atoms with van der Waals surface area (Å²) < 4.78 is 2.21.